The maximum atomic E-state index is 6.37. The molecule has 0 bridgehead atoms. The Kier molecular flexibility index (Phi) is 5.97. The van der Waals surface area contributed by atoms with Crippen LogP contribution in [0.15, 0.2) is 41.1 Å². The largest absolute Gasteiger partial charge is 0.326 e. The van der Waals surface area contributed by atoms with Crippen molar-refractivity contribution < 1.29 is 0 Å². The molecular weight excluding hydrogens is 276 g/mol. The molecule has 2 nitrogen and oxygen atoms in total. The van der Waals surface area contributed by atoms with Crippen molar-refractivity contribution >= 4 is 11.3 Å². The van der Waals surface area contributed by atoms with Crippen LogP contribution in [0, 0.1) is 0 Å². The average molecular weight is 302 g/mol. The Hall–Kier alpha value is -1.16. The molecule has 0 saturated heterocycles. The molecular formula is C18H26N2S. The number of thiophene rings is 1. The van der Waals surface area contributed by atoms with Gasteiger partial charge in [0.2, 0.25) is 0 Å². The predicted molar refractivity (Wildman–Crippen MR) is 92.6 cm³/mol. The Morgan fingerprint density at radius 3 is 2.29 bits per heavy atom. The summed E-state index contributed by atoms with van der Waals surface area (Å²) in [6.07, 6.45) is 2.08. The quantitative estimate of drug-likeness (QED) is 0.829. The van der Waals surface area contributed by atoms with Crippen LogP contribution in [0.5, 0.6) is 0 Å². The topological polar surface area (TPSA) is 29.3 Å². The summed E-state index contributed by atoms with van der Waals surface area (Å²) in [5, 5.41) is 4.35. The van der Waals surface area contributed by atoms with E-state index in [4.69, 9.17) is 5.73 Å². The van der Waals surface area contributed by atoms with Crippen molar-refractivity contribution in [3.8, 4) is 0 Å². The number of nitrogens with two attached hydrogens (primary N) is 1. The Morgan fingerprint density at radius 1 is 1.10 bits per heavy atom. The first kappa shape index (κ1) is 16.2. The molecule has 0 radical (unpaired) electrons. The first-order chi connectivity index (χ1) is 10.2. The summed E-state index contributed by atoms with van der Waals surface area (Å²) in [5.41, 5.74) is 10.4. The number of rotatable bonds is 7. The van der Waals surface area contributed by atoms with Crippen LogP contribution in [0.4, 0.5) is 0 Å². The Morgan fingerprint density at radius 2 is 1.76 bits per heavy atom. The van der Waals surface area contributed by atoms with E-state index in [0.717, 1.165) is 19.4 Å². The molecule has 0 amide bonds. The number of likely N-dealkylation sites (N-methyl/N-ethyl adjacent to an activating group) is 1. The molecule has 0 aliphatic rings. The monoisotopic (exact) mass is 302 g/mol. The van der Waals surface area contributed by atoms with Crippen LogP contribution < -0.4 is 5.73 Å². The molecule has 0 spiro atoms. The van der Waals surface area contributed by atoms with E-state index in [2.05, 4.69) is 66.9 Å². The van der Waals surface area contributed by atoms with Gasteiger partial charge in [-0.15, -0.1) is 0 Å². The highest BCUT2D eigenvalue weighted by Crippen LogP contribution is 2.27. The van der Waals surface area contributed by atoms with E-state index in [0.29, 0.717) is 0 Å². The molecule has 2 atom stereocenters. The maximum Gasteiger partial charge on any atom is 0.0507 e. The van der Waals surface area contributed by atoms with Gasteiger partial charge in [0.25, 0.3) is 0 Å². The minimum absolute atomic E-state index is 0.166. The van der Waals surface area contributed by atoms with Crippen molar-refractivity contribution in [3.05, 3.63) is 57.8 Å². The maximum absolute atomic E-state index is 6.37. The van der Waals surface area contributed by atoms with E-state index in [-0.39, 0.29) is 12.1 Å². The zero-order chi connectivity index (χ0) is 15.2. The lowest BCUT2D eigenvalue weighted by Gasteiger charge is -2.32. The number of nitrogens with zero attached hydrogens (tertiary/aromatic N) is 1. The van der Waals surface area contributed by atoms with Crippen LogP contribution in [0.2, 0.25) is 0 Å². The zero-order valence-electron chi connectivity index (χ0n) is 13.3. The lowest BCUT2D eigenvalue weighted by atomic mass is 9.98. The Balaban J connectivity index is 2.12. The first-order valence-electron chi connectivity index (χ1n) is 7.71. The summed E-state index contributed by atoms with van der Waals surface area (Å²) in [5.74, 6) is 0. The molecule has 1 heterocycles. The molecule has 2 rings (SSSR count). The van der Waals surface area contributed by atoms with Crippen molar-refractivity contribution in [3.63, 3.8) is 0 Å². The fourth-order valence-corrected chi connectivity index (χ4v) is 3.45. The lowest BCUT2D eigenvalue weighted by molar-refractivity contribution is 0.202. The van der Waals surface area contributed by atoms with Crippen LogP contribution in [-0.4, -0.2) is 18.0 Å². The molecule has 0 aliphatic heterocycles. The van der Waals surface area contributed by atoms with Gasteiger partial charge in [-0.2, -0.15) is 11.3 Å². The number of hydrogen-bond donors (Lipinski definition) is 1. The summed E-state index contributed by atoms with van der Waals surface area (Å²) in [4.78, 5) is 2.37. The van der Waals surface area contributed by atoms with Gasteiger partial charge in [0.15, 0.2) is 0 Å². The standard InChI is InChI=1S/C18H26N2S/c1-4-14-6-8-15(9-7-14)12-20(3)18(17(19)5-2)16-10-11-21-13-16/h6-11,13,17-18H,4-5,12,19H2,1-3H3. The number of aryl methyl sites for hydroxylation is 1. The molecule has 0 saturated carbocycles. The van der Waals surface area contributed by atoms with Crippen molar-refractivity contribution in [1.29, 1.82) is 0 Å². The van der Waals surface area contributed by atoms with E-state index in [1.165, 1.54) is 16.7 Å². The van der Waals surface area contributed by atoms with Gasteiger partial charge >= 0.3 is 0 Å². The third-order valence-electron chi connectivity index (χ3n) is 4.10. The molecule has 2 aromatic rings. The second-order valence-corrected chi connectivity index (χ2v) is 6.44. The van der Waals surface area contributed by atoms with Gasteiger partial charge in [-0.3, -0.25) is 4.90 Å². The van der Waals surface area contributed by atoms with Crippen molar-refractivity contribution in [1.82, 2.24) is 4.90 Å². The van der Waals surface area contributed by atoms with Crippen LogP contribution in [0.1, 0.15) is 43.0 Å². The highest BCUT2D eigenvalue weighted by molar-refractivity contribution is 7.07. The summed E-state index contributed by atoms with van der Waals surface area (Å²) in [6, 6.07) is 11.6. The van der Waals surface area contributed by atoms with Gasteiger partial charge in [-0.25, -0.2) is 0 Å². The Bertz CT molecular complexity index is 519. The third kappa shape index (κ3) is 4.16. The minimum atomic E-state index is 0.166. The van der Waals surface area contributed by atoms with Gasteiger partial charge < -0.3 is 5.73 Å². The van der Waals surface area contributed by atoms with Gasteiger partial charge in [-0.05, 0) is 53.4 Å². The van der Waals surface area contributed by atoms with Crippen molar-refractivity contribution in [2.24, 2.45) is 5.73 Å². The molecule has 2 N–H and O–H groups in total. The van der Waals surface area contributed by atoms with E-state index < -0.39 is 0 Å². The van der Waals surface area contributed by atoms with Crippen LogP contribution in [-0.2, 0) is 13.0 Å². The second-order valence-electron chi connectivity index (χ2n) is 5.66. The van der Waals surface area contributed by atoms with Gasteiger partial charge in [0, 0.05) is 12.6 Å². The predicted octanol–water partition coefficient (Wildman–Crippen LogP) is 4.22. The molecule has 0 aliphatic carbocycles. The van der Waals surface area contributed by atoms with Gasteiger partial charge in [0.1, 0.15) is 0 Å². The fourth-order valence-electron chi connectivity index (χ4n) is 2.76. The second kappa shape index (κ2) is 7.74. The van der Waals surface area contributed by atoms with E-state index >= 15 is 0 Å². The highest BCUT2D eigenvalue weighted by Gasteiger charge is 2.23. The number of hydrogen-bond acceptors (Lipinski definition) is 3. The van der Waals surface area contributed by atoms with E-state index in [1.54, 1.807) is 11.3 Å². The molecule has 1 aromatic heterocycles. The summed E-state index contributed by atoms with van der Waals surface area (Å²) in [6.45, 7) is 5.28. The first-order valence-corrected chi connectivity index (χ1v) is 8.65. The van der Waals surface area contributed by atoms with Gasteiger partial charge in [-0.1, -0.05) is 38.1 Å². The van der Waals surface area contributed by atoms with Crippen LogP contribution >= 0.6 is 11.3 Å². The molecule has 114 valence electrons. The average Bonchev–Trinajstić information content (AvgIpc) is 3.02. The lowest BCUT2D eigenvalue weighted by Crippen LogP contribution is -2.38. The zero-order valence-corrected chi connectivity index (χ0v) is 14.1. The van der Waals surface area contributed by atoms with E-state index in [9.17, 15) is 0 Å². The Labute approximate surface area is 132 Å². The smallest absolute Gasteiger partial charge is 0.0507 e. The summed E-state index contributed by atoms with van der Waals surface area (Å²) < 4.78 is 0. The fraction of sp³-hybridized carbons (Fsp3) is 0.444. The molecule has 0 fully saturated rings. The highest BCUT2D eigenvalue weighted by atomic mass is 32.1. The molecule has 1 aromatic carbocycles. The molecule has 21 heavy (non-hydrogen) atoms. The number of benzene rings is 1. The molecule has 2 unspecified atom stereocenters. The van der Waals surface area contributed by atoms with Crippen LogP contribution in [0.3, 0.4) is 0 Å². The summed E-state index contributed by atoms with van der Waals surface area (Å²) >= 11 is 1.74. The van der Waals surface area contributed by atoms with E-state index in [1.807, 2.05) is 0 Å². The molecule has 3 heteroatoms. The third-order valence-corrected chi connectivity index (χ3v) is 4.80. The minimum Gasteiger partial charge on any atom is -0.326 e. The van der Waals surface area contributed by atoms with Crippen molar-refractivity contribution in [2.75, 3.05) is 7.05 Å². The normalized spacial score (nSPS) is 14.3. The van der Waals surface area contributed by atoms with Crippen molar-refractivity contribution in [2.45, 2.75) is 45.3 Å². The van der Waals surface area contributed by atoms with Gasteiger partial charge in [0.05, 0.1) is 6.04 Å². The SMILES string of the molecule is CCc1ccc(CN(C)C(c2ccsc2)C(N)CC)cc1. The van der Waals surface area contributed by atoms with Crippen LogP contribution in [0.25, 0.3) is 0 Å². The summed E-state index contributed by atoms with van der Waals surface area (Å²) in [7, 11) is 2.17.